The van der Waals surface area contributed by atoms with Gasteiger partial charge < -0.3 is 0 Å². The first-order chi connectivity index (χ1) is 6.68. The largest absolute Gasteiger partial charge is 0.272 e. The third-order valence-electron chi connectivity index (χ3n) is 2.36. The summed E-state index contributed by atoms with van der Waals surface area (Å²) in [6.07, 6.45) is 1.67. The third-order valence-corrected chi connectivity index (χ3v) is 2.36. The second kappa shape index (κ2) is 3.25. The highest BCUT2D eigenvalue weighted by atomic mass is 16.1. The van der Waals surface area contributed by atoms with Crippen molar-refractivity contribution in [3.63, 3.8) is 0 Å². The molecule has 0 unspecified atom stereocenters. The van der Waals surface area contributed by atoms with Crippen LogP contribution in [-0.4, -0.2) is 10.2 Å². The lowest BCUT2D eigenvalue weighted by molar-refractivity contribution is 0.868. The number of nitrogens with one attached hydrogen (secondary N) is 1. The van der Waals surface area contributed by atoms with Gasteiger partial charge >= 0.3 is 0 Å². The Kier molecular flexibility index (Phi) is 2.08. The highest BCUT2D eigenvalue weighted by Crippen LogP contribution is 2.17. The number of fused-ring (bicyclic) bond motifs is 1. The molecule has 1 aromatic heterocycles. The molecule has 0 spiro atoms. The zero-order chi connectivity index (χ0) is 10.1. The van der Waals surface area contributed by atoms with Gasteiger partial charge in [0, 0.05) is 5.39 Å². The molecule has 3 heteroatoms. The maximum Gasteiger partial charge on any atom is 0.272 e. The van der Waals surface area contributed by atoms with Crippen LogP contribution in [-0.2, 0) is 0 Å². The van der Waals surface area contributed by atoms with E-state index in [1.54, 1.807) is 6.20 Å². The van der Waals surface area contributed by atoms with E-state index in [0.717, 1.165) is 5.39 Å². The Bertz CT molecular complexity index is 514. The lowest BCUT2D eigenvalue weighted by atomic mass is 10.0. The topological polar surface area (TPSA) is 45.8 Å². The number of benzene rings is 1. The number of aromatic amines is 1. The molecule has 0 saturated heterocycles. The van der Waals surface area contributed by atoms with Crippen molar-refractivity contribution in [2.45, 2.75) is 19.8 Å². The number of hydrogen-bond donors (Lipinski definition) is 1. The highest BCUT2D eigenvalue weighted by molar-refractivity contribution is 5.81. The average molecular weight is 188 g/mol. The molecule has 0 fully saturated rings. The predicted octanol–water partition coefficient (Wildman–Crippen LogP) is 2.05. The van der Waals surface area contributed by atoms with Crippen LogP contribution in [0.1, 0.15) is 25.3 Å². The van der Waals surface area contributed by atoms with E-state index < -0.39 is 0 Å². The molecule has 2 aromatic rings. The molecule has 72 valence electrons. The van der Waals surface area contributed by atoms with E-state index >= 15 is 0 Å². The third kappa shape index (κ3) is 1.41. The molecule has 0 atom stereocenters. The van der Waals surface area contributed by atoms with Gasteiger partial charge in [0.2, 0.25) is 0 Å². The summed E-state index contributed by atoms with van der Waals surface area (Å²) in [7, 11) is 0. The van der Waals surface area contributed by atoms with Gasteiger partial charge in [-0.3, -0.25) is 4.79 Å². The van der Waals surface area contributed by atoms with Crippen molar-refractivity contribution in [2.24, 2.45) is 0 Å². The summed E-state index contributed by atoms with van der Waals surface area (Å²) < 4.78 is 0. The van der Waals surface area contributed by atoms with Crippen LogP contribution in [0.5, 0.6) is 0 Å². The zero-order valence-corrected chi connectivity index (χ0v) is 8.24. The Labute approximate surface area is 81.8 Å². The maximum atomic E-state index is 11.4. The van der Waals surface area contributed by atoms with Gasteiger partial charge in [0.25, 0.3) is 5.56 Å². The van der Waals surface area contributed by atoms with E-state index in [2.05, 4.69) is 24.0 Å². The van der Waals surface area contributed by atoms with E-state index in [1.165, 1.54) is 5.56 Å². The van der Waals surface area contributed by atoms with Gasteiger partial charge in [0.1, 0.15) is 0 Å². The summed E-state index contributed by atoms with van der Waals surface area (Å²) in [5, 5.41) is 7.79. The lowest BCUT2D eigenvalue weighted by Crippen LogP contribution is -2.07. The first-order valence-electron chi connectivity index (χ1n) is 4.66. The Hall–Kier alpha value is -1.64. The second-order valence-electron chi connectivity index (χ2n) is 3.70. The molecule has 0 aliphatic carbocycles. The van der Waals surface area contributed by atoms with Crippen LogP contribution < -0.4 is 5.56 Å². The molecule has 0 aliphatic rings. The molecule has 1 N–H and O–H groups in total. The smallest absolute Gasteiger partial charge is 0.267 e. The van der Waals surface area contributed by atoms with Crippen LogP contribution in [0.15, 0.2) is 29.2 Å². The normalized spacial score (nSPS) is 11.1. The summed E-state index contributed by atoms with van der Waals surface area (Å²) >= 11 is 0. The van der Waals surface area contributed by atoms with Crippen LogP contribution >= 0.6 is 0 Å². The fraction of sp³-hybridized carbons (Fsp3) is 0.273. The van der Waals surface area contributed by atoms with E-state index in [9.17, 15) is 4.79 Å². The highest BCUT2D eigenvalue weighted by Gasteiger charge is 2.02. The van der Waals surface area contributed by atoms with E-state index in [-0.39, 0.29) is 5.56 Å². The van der Waals surface area contributed by atoms with Gasteiger partial charge in [-0.25, -0.2) is 5.10 Å². The number of aromatic nitrogens is 2. The summed E-state index contributed by atoms with van der Waals surface area (Å²) in [6, 6.07) is 5.90. The molecule has 0 amide bonds. The average Bonchev–Trinajstić information content (AvgIpc) is 2.18. The zero-order valence-electron chi connectivity index (χ0n) is 8.24. The monoisotopic (exact) mass is 188 g/mol. The summed E-state index contributed by atoms with van der Waals surface area (Å²) in [4.78, 5) is 11.4. The van der Waals surface area contributed by atoms with Crippen LogP contribution in [0.25, 0.3) is 10.8 Å². The van der Waals surface area contributed by atoms with E-state index in [0.29, 0.717) is 11.3 Å². The molecular weight excluding hydrogens is 176 g/mol. The van der Waals surface area contributed by atoms with E-state index in [4.69, 9.17) is 0 Å². The molecule has 2 rings (SSSR count). The lowest BCUT2D eigenvalue weighted by Gasteiger charge is -2.05. The molecule has 0 bridgehead atoms. The molecule has 14 heavy (non-hydrogen) atoms. The molecule has 1 aromatic carbocycles. The van der Waals surface area contributed by atoms with Crippen molar-refractivity contribution < 1.29 is 0 Å². The number of rotatable bonds is 1. The first kappa shape index (κ1) is 8.94. The number of H-pyrrole nitrogens is 1. The van der Waals surface area contributed by atoms with Gasteiger partial charge in [-0.1, -0.05) is 26.0 Å². The molecule has 1 heterocycles. The quantitative estimate of drug-likeness (QED) is 0.744. The molecular formula is C11H12N2O. The minimum atomic E-state index is -0.120. The minimum Gasteiger partial charge on any atom is -0.267 e. The van der Waals surface area contributed by atoms with Crippen LogP contribution in [0.4, 0.5) is 0 Å². The van der Waals surface area contributed by atoms with Gasteiger partial charge in [-0.05, 0) is 17.5 Å². The van der Waals surface area contributed by atoms with Crippen molar-refractivity contribution in [2.75, 3.05) is 0 Å². The second-order valence-corrected chi connectivity index (χ2v) is 3.70. The van der Waals surface area contributed by atoms with Crippen molar-refractivity contribution in [1.29, 1.82) is 0 Å². The summed E-state index contributed by atoms with van der Waals surface area (Å²) in [5.41, 5.74) is 1.05. The summed E-state index contributed by atoms with van der Waals surface area (Å²) in [5.74, 6) is 0.437. The number of hydrogen-bond acceptors (Lipinski definition) is 2. The Morgan fingerprint density at radius 2 is 2.14 bits per heavy atom. The maximum absolute atomic E-state index is 11.4. The van der Waals surface area contributed by atoms with Crippen LogP contribution in [0.2, 0.25) is 0 Å². The van der Waals surface area contributed by atoms with Gasteiger partial charge in [-0.15, -0.1) is 0 Å². The van der Waals surface area contributed by atoms with Gasteiger partial charge in [0.05, 0.1) is 11.6 Å². The van der Waals surface area contributed by atoms with Gasteiger partial charge in [0.15, 0.2) is 0 Å². The van der Waals surface area contributed by atoms with E-state index in [1.807, 2.05) is 18.2 Å². The van der Waals surface area contributed by atoms with Crippen LogP contribution in [0, 0.1) is 0 Å². The molecule has 3 nitrogen and oxygen atoms in total. The molecule has 0 radical (unpaired) electrons. The Morgan fingerprint density at radius 1 is 1.36 bits per heavy atom. The Balaban J connectivity index is 2.76. The standard InChI is InChI=1S/C11H12N2O/c1-7(2)8-3-4-9-6-12-13-11(14)10(9)5-8/h3-7H,1-2H3,(H,13,14). The molecule has 0 saturated carbocycles. The number of nitrogens with zero attached hydrogens (tertiary/aromatic N) is 1. The van der Waals surface area contributed by atoms with Crippen molar-refractivity contribution in [3.8, 4) is 0 Å². The first-order valence-corrected chi connectivity index (χ1v) is 4.66. The molecule has 0 aliphatic heterocycles. The van der Waals surface area contributed by atoms with Crippen LogP contribution in [0.3, 0.4) is 0 Å². The summed E-state index contributed by atoms with van der Waals surface area (Å²) in [6.45, 7) is 4.22. The predicted molar refractivity (Wildman–Crippen MR) is 56.5 cm³/mol. The van der Waals surface area contributed by atoms with Gasteiger partial charge in [-0.2, -0.15) is 5.10 Å². The SMILES string of the molecule is CC(C)c1ccc2cn[nH]c(=O)c2c1. The van der Waals surface area contributed by atoms with Crippen molar-refractivity contribution in [3.05, 3.63) is 40.3 Å². The van der Waals surface area contributed by atoms with Crippen molar-refractivity contribution >= 4 is 10.8 Å². The van der Waals surface area contributed by atoms with Crippen molar-refractivity contribution in [1.82, 2.24) is 10.2 Å². The fourth-order valence-corrected chi connectivity index (χ4v) is 1.46. The minimum absolute atomic E-state index is 0.120. The Morgan fingerprint density at radius 3 is 2.86 bits per heavy atom. The fourth-order valence-electron chi connectivity index (χ4n) is 1.46.